The number of nitrogens with two attached hydrogens (primary N) is 2. The molecule has 0 fully saturated rings. The van der Waals surface area contributed by atoms with Gasteiger partial charge >= 0.3 is 0 Å². The van der Waals surface area contributed by atoms with Crippen LogP contribution >= 0.6 is 0 Å². The van der Waals surface area contributed by atoms with E-state index in [4.69, 9.17) is 11.5 Å². The third-order valence-electron chi connectivity index (χ3n) is 2.40. The van der Waals surface area contributed by atoms with Crippen LogP contribution < -0.4 is 11.5 Å². The summed E-state index contributed by atoms with van der Waals surface area (Å²) in [5.74, 6) is 0. The minimum absolute atomic E-state index is 0.179. The minimum Gasteiger partial charge on any atom is -0.319 e. The van der Waals surface area contributed by atoms with Crippen molar-refractivity contribution in [1.29, 1.82) is 0 Å². The van der Waals surface area contributed by atoms with Gasteiger partial charge in [-0.3, -0.25) is 0 Å². The van der Waals surface area contributed by atoms with Crippen molar-refractivity contribution >= 4 is 0 Å². The highest BCUT2D eigenvalue weighted by Crippen LogP contribution is 2.32. The van der Waals surface area contributed by atoms with Gasteiger partial charge < -0.3 is 11.5 Å². The summed E-state index contributed by atoms with van der Waals surface area (Å²) in [6, 6.07) is 0. The van der Waals surface area contributed by atoms with Gasteiger partial charge in [-0.05, 0) is 12.8 Å². The van der Waals surface area contributed by atoms with E-state index >= 15 is 0 Å². The summed E-state index contributed by atoms with van der Waals surface area (Å²) in [6.07, 6.45) is 10.0. The first kappa shape index (κ1) is 6.13. The Hall–Kier alpha value is -0.600. The van der Waals surface area contributed by atoms with Gasteiger partial charge in [0.2, 0.25) is 0 Å². The molecule has 10 heavy (non-hydrogen) atoms. The van der Waals surface area contributed by atoms with Crippen LogP contribution in [0, 0.1) is 0 Å². The van der Waals surface area contributed by atoms with Crippen LogP contribution in [0.15, 0.2) is 24.3 Å². The summed E-state index contributed by atoms with van der Waals surface area (Å²) >= 11 is 0. The molecule has 0 saturated heterocycles. The first-order valence-electron chi connectivity index (χ1n) is 3.61. The molecule has 54 valence electrons. The molecule has 0 aliphatic heterocycles. The predicted octanol–water partition coefficient (Wildman–Crippen LogP) is 0.301. The Labute approximate surface area is 60.6 Å². The van der Waals surface area contributed by atoms with E-state index in [0.29, 0.717) is 0 Å². The molecule has 3 aliphatic rings. The molecule has 0 amide bonds. The normalized spacial score (nSPS) is 50.2. The second-order valence-electron chi connectivity index (χ2n) is 3.39. The molecule has 0 aromatic rings. The van der Waals surface area contributed by atoms with Crippen molar-refractivity contribution < 1.29 is 0 Å². The summed E-state index contributed by atoms with van der Waals surface area (Å²) < 4.78 is 0. The van der Waals surface area contributed by atoms with Crippen LogP contribution in [0.25, 0.3) is 0 Å². The van der Waals surface area contributed by atoms with Crippen LogP contribution in [-0.4, -0.2) is 11.1 Å². The molecular formula is C8H12N2. The summed E-state index contributed by atoms with van der Waals surface area (Å²) in [7, 11) is 0. The van der Waals surface area contributed by atoms with Gasteiger partial charge in [-0.15, -0.1) is 0 Å². The van der Waals surface area contributed by atoms with Crippen LogP contribution in [0.4, 0.5) is 0 Å². The maximum atomic E-state index is 5.93. The molecule has 0 atom stereocenters. The third-order valence-corrected chi connectivity index (χ3v) is 2.40. The van der Waals surface area contributed by atoms with Gasteiger partial charge in [0.05, 0.1) is 11.1 Å². The quantitative estimate of drug-likeness (QED) is 0.471. The Balaban J connectivity index is 2.42. The molecule has 0 unspecified atom stereocenters. The Morgan fingerprint density at radius 3 is 1.30 bits per heavy atom. The van der Waals surface area contributed by atoms with E-state index in [-0.39, 0.29) is 11.1 Å². The lowest BCUT2D eigenvalue weighted by Crippen LogP contribution is -2.51. The van der Waals surface area contributed by atoms with E-state index in [0.717, 1.165) is 12.8 Å². The third kappa shape index (κ3) is 0.728. The SMILES string of the molecule is NC12C=CC(N)(C=C1)CC2. The van der Waals surface area contributed by atoms with Gasteiger partial charge in [0.1, 0.15) is 0 Å². The van der Waals surface area contributed by atoms with Crippen molar-refractivity contribution in [3.63, 3.8) is 0 Å². The zero-order chi connectivity index (χ0) is 7.24. The fraction of sp³-hybridized carbons (Fsp3) is 0.500. The Morgan fingerprint density at radius 2 is 1.10 bits per heavy atom. The van der Waals surface area contributed by atoms with Gasteiger partial charge in [-0.1, -0.05) is 24.3 Å². The van der Waals surface area contributed by atoms with Crippen molar-refractivity contribution in [2.45, 2.75) is 23.9 Å². The summed E-state index contributed by atoms with van der Waals surface area (Å²) in [4.78, 5) is 0. The molecule has 0 aromatic carbocycles. The highest BCUT2D eigenvalue weighted by Gasteiger charge is 2.35. The van der Waals surface area contributed by atoms with E-state index in [1.54, 1.807) is 0 Å². The number of fused-ring (bicyclic) bond motifs is 1. The first-order chi connectivity index (χ1) is 4.62. The zero-order valence-corrected chi connectivity index (χ0v) is 5.88. The maximum Gasteiger partial charge on any atom is 0.0527 e. The molecule has 3 rings (SSSR count). The fourth-order valence-electron chi connectivity index (χ4n) is 1.50. The number of hydrogen-bond donors (Lipinski definition) is 2. The first-order valence-corrected chi connectivity index (χ1v) is 3.61. The second kappa shape index (κ2) is 1.52. The van der Waals surface area contributed by atoms with E-state index in [2.05, 4.69) is 0 Å². The zero-order valence-electron chi connectivity index (χ0n) is 5.88. The van der Waals surface area contributed by atoms with Crippen molar-refractivity contribution in [2.75, 3.05) is 0 Å². The summed E-state index contributed by atoms with van der Waals surface area (Å²) in [5.41, 5.74) is 11.5. The molecular weight excluding hydrogens is 124 g/mol. The Morgan fingerprint density at radius 1 is 0.800 bits per heavy atom. The molecule has 0 heterocycles. The van der Waals surface area contributed by atoms with Crippen molar-refractivity contribution in [2.24, 2.45) is 11.5 Å². The molecule has 4 N–H and O–H groups in total. The molecule has 2 heteroatoms. The average molecular weight is 136 g/mol. The fourth-order valence-corrected chi connectivity index (χ4v) is 1.50. The van der Waals surface area contributed by atoms with E-state index in [1.807, 2.05) is 24.3 Å². The monoisotopic (exact) mass is 136 g/mol. The van der Waals surface area contributed by atoms with Gasteiger partial charge in [-0.2, -0.15) is 0 Å². The van der Waals surface area contributed by atoms with Crippen LogP contribution in [-0.2, 0) is 0 Å². The maximum absolute atomic E-state index is 5.93. The predicted molar refractivity (Wildman–Crippen MR) is 41.4 cm³/mol. The smallest absolute Gasteiger partial charge is 0.0527 e. The van der Waals surface area contributed by atoms with Crippen molar-refractivity contribution in [3.05, 3.63) is 24.3 Å². The largest absolute Gasteiger partial charge is 0.319 e. The highest BCUT2D eigenvalue weighted by molar-refractivity contribution is 5.36. The molecule has 0 radical (unpaired) electrons. The van der Waals surface area contributed by atoms with E-state index in [9.17, 15) is 0 Å². The number of rotatable bonds is 0. The Bertz CT molecular complexity index is 179. The molecule has 2 bridgehead atoms. The lowest BCUT2D eigenvalue weighted by molar-refractivity contribution is 0.424. The van der Waals surface area contributed by atoms with Crippen LogP contribution in [0.1, 0.15) is 12.8 Å². The van der Waals surface area contributed by atoms with Gasteiger partial charge in [0.15, 0.2) is 0 Å². The molecule has 0 saturated carbocycles. The Kier molecular flexibility index (Phi) is 0.932. The topological polar surface area (TPSA) is 52.0 Å². The van der Waals surface area contributed by atoms with Gasteiger partial charge in [-0.25, -0.2) is 0 Å². The molecule has 0 aromatic heterocycles. The molecule has 2 nitrogen and oxygen atoms in total. The van der Waals surface area contributed by atoms with Crippen molar-refractivity contribution in [1.82, 2.24) is 0 Å². The van der Waals surface area contributed by atoms with E-state index in [1.165, 1.54) is 0 Å². The standard InChI is InChI=1S/C8H12N2/c9-7-1-2-8(10,5-3-7)6-4-7/h1-3,5H,4,6,9-10H2. The van der Waals surface area contributed by atoms with Crippen LogP contribution in [0.2, 0.25) is 0 Å². The van der Waals surface area contributed by atoms with E-state index < -0.39 is 0 Å². The average Bonchev–Trinajstić information content (AvgIpc) is 1.93. The van der Waals surface area contributed by atoms with Crippen LogP contribution in [0.3, 0.4) is 0 Å². The minimum atomic E-state index is -0.179. The number of hydrogen-bond acceptors (Lipinski definition) is 2. The lowest BCUT2D eigenvalue weighted by atomic mass is 9.73. The van der Waals surface area contributed by atoms with Gasteiger partial charge in [0.25, 0.3) is 0 Å². The summed E-state index contributed by atoms with van der Waals surface area (Å²) in [6.45, 7) is 0. The highest BCUT2D eigenvalue weighted by atomic mass is 14.8. The van der Waals surface area contributed by atoms with Crippen molar-refractivity contribution in [3.8, 4) is 0 Å². The lowest BCUT2D eigenvalue weighted by Gasteiger charge is -2.39. The molecule has 0 spiro atoms. The second-order valence-corrected chi connectivity index (χ2v) is 3.39. The molecule has 3 aliphatic carbocycles. The van der Waals surface area contributed by atoms with Gasteiger partial charge in [0, 0.05) is 0 Å². The summed E-state index contributed by atoms with van der Waals surface area (Å²) in [5, 5.41) is 0. The van der Waals surface area contributed by atoms with Crippen LogP contribution in [0.5, 0.6) is 0 Å².